The van der Waals surface area contributed by atoms with Crippen molar-refractivity contribution in [3.05, 3.63) is 51.6 Å². The van der Waals surface area contributed by atoms with E-state index in [1.54, 1.807) is 6.92 Å². The molecule has 1 aromatic carbocycles. The van der Waals surface area contributed by atoms with Crippen molar-refractivity contribution in [3.8, 4) is 0 Å². The topological polar surface area (TPSA) is 101 Å². The number of aryl methyl sites for hydroxylation is 1. The first-order chi connectivity index (χ1) is 13.1. The molecule has 11 heteroatoms. The van der Waals surface area contributed by atoms with Gasteiger partial charge >= 0.3 is 17.8 Å². The lowest BCUT2D eigenvalue weighted by Gasteiger charge is -2.13. The average molecular weight is 415 g/mol. The molecular formula is C17H16F3N3O4S. The Hall–Kier alpha value is -2.82. The highest BCUT2D eigenvalue weighted by Gasteiger charge is 2.33. The SMILES string of the molecule is CCOC(=O)c1c(SCC(=O)Nc2ccccc2C(F)(F)F)nc(=O)[nH]c1C. The second kappa shape index (κ2) is 8.91. The molecule has 0 radical (unpaired) electrons. The van der Waals surface area contributed by atoms with Crippen LogP contribution in [0.2, 0.25) is 0 Å². The zero-order chi connectivity index (χ0) is 20.9. The van der Waals surface area contributed by atoms with E-state index in [4.69, 9.17) is 4.74 Å². The maximum atomic E-state index is 13.0. The Kier molecular flexibility index (Phi) is 6.84. The van der Waals surface area contributed by atoms with E-state index in [0.717, 1.165) is 23.9 Å². The molecule has 28 heavy (non-hydrogen) atoms. The van der Waals surface area contributed by atoms with Crippen LogP contribution in [0.5, 0.6) is 0 Å². The molecule has 2 aromatic rings. The molecule has 0 saturated carbocycles. The Morgan fingerprint density at radius 2 is 1.96 bits per heavy atom. The van der Waals surface area contributed by atoms with Gasteiger partial charge in [-0.25, -0.2) is 9.59 Å². The summed E-state index contributed by atoms with van der Waals surface area (Å²) in [4.78, 5) is 41.8. The molecule has 0 spiro atoms. The third kappa shape index (κ3) is 5.35. The Labute approximate surface area is 161 Å². The van der Waals surface area contributed by atoms with Crippen LogP contribution in [0.3, 0.4) is 0 Å². The number of nitrogens with one attached hydrogen (secondary N) is 2. The van der Waals surface area contributed by atoms with Gasteiger partial charge in [-0.2, -0.15) is 18.2 Å². The van der Waals surface area contributed by atoms with E-state index >= 15 is 0 Å². The van der Waals surface area contributed by atoms with Crippen molar-refractivity contribution in [1.82, 2.24) is 9.97 Å². The predicted octanol–water partition coefficient (Wildman–Crippen LogP) is 3.00. The zero-order valence-corrected chi connectivity index (χ0v) is 15.7. The standard InChI is InChI=1S/C17H16F3N3O4S/c1-3-27-15(25)13-9(2)21-16(26)23-14(13)28-8-12(24)22-11-7-5-4-6-10(11)17(18,19)20/h4-7H,3,8H2,1-2H3,(H,22,24)(H,21,23,26). The zero-order valence-electron chi connectivity index (χ0n) is 14.8. The molecule has 0 bridgehead atoms. The lowest BCUT2D eigenvalue weighted by Crippen LogP contribution is -2.21. The van der Waals surface area contributed by atoms with Gasteiger partial charge in [-0.15, -0.1) is 0 Å². The largest absolute Gasteiger partial charge is 0.462 e. The van der Waals surface area contributed by atoms with Crippen LogP contribution in [-0.2, 0) is 15.7 Å². The summed E-state index contributed by atoms with van der Waals surface area (Å²) in [5.74, 6) is -1.85. The minimum Gasteiger partial charge on any atom is -0.462 e. The fraction of sp³-hybridized carbons (Fsp3) is 0.294. The normalized spacial score (nSPS) is 11.2. The number of aromatic nitrogens is 2. The van der Waals surface area contributed by atoms with E-state index in [0.29, 0.717) is 0 Å². The fourth-order valence-electron chi connectivity index (χ4n) is 2.27. The summed E-state index contributed by atoms with van der Waals surface area (Å²) in [5.41, 5.74) is -1.89. The van der Waals surface area contributed by atoms with Crippen LogP contribution in [0, 0.1) is 6.92 Å². The second-order valence-electron chi connectivity index (χ2n) is 5.45. The van der Waals surface area contributed by atoms with E-state index < -0.39 is 29.3 Å². The van der Waals surface area contributed by atoms with Gasteiger partial charge in [0.2, 0.25) is 5.91 Å². The van der Waals surface area contributed by atoms with Crippen molar-refractivity contribution in [2.75, 3.05) is 17.7 Å². The number of para-hydroxylation sites is 1. The molecule has 0 aliphatic carbocycles. The van der Waals surface area contributed by atoms with Gasteiger partial charge in [0, 0.05) is 5.69 Å². The number of anilines is 1. The third-order valence-corrected chi connectivity index (χ3v) is 4.39. The van der Waals surface area contributed by atoms with Crippen LogP contribution >= 0.6 is 11.8 Å². The molecule has 1 heterocycles. The van der Waals surface area contributed by atoms with Gasteiger partial charge in [-0.05, 0) is 26.0 Å². The van der Waals surface area contributed by atoms with E-state index in [2.05, 4.69) is 15.3 Å². The lowest BCUT2D eigenvalue weighted by atomic mass is 10.1. The fourth-order valence-corrected chi connectivity index (χ4v) is 3.14. The van der Waals surface area contributed by atoms with E-state index in [1.807, 2.05) is 0 Å². The summed E-state index contributed by atoms with van der Waals surface area (Å²) in [6, 6.07) is 4.55. The van der Waals surface area contributed by atoms with E-state index in [1.165, 1.54) is 19.1 Å². The number of halogens is 3. The molecule has 0 atom stereocenters. The molecular weight excluding hydrogens is 399 g/mol. The first-order valence-corrected chi connectivity index (χ1v) is 8.99. The number of hydrogen-bond acceptors (Lipinski definition) is 6. The molecule has 2 rings (SSSR count). The summed E-state index contributed by atoms with van der Waals surface area (Å²) >= 11 is 0.745. The Morgan fingerprint density at radius 1 is 1.29 bits per heavy atom. The number of benzene rings is 1. The number of H-pyrrole nitrogens is 1. The second-order valence-corrected chi connectivity index (χ2v) is 6.41. The molecule has 0 aliphatic heterocycles. The number of thioether (sulfide) groups is 1. The Balaban J connectivity index is 2.18. The number of alkyl halides is 3. The summed E-state index contributed by atoms with van der Waals surface area (Å²) in [6.45, 7) is 3.17. The number of carbonyl (C=O) groups is 2. The Morgan fingerprint density at radius 3 is 2.61 bits per heavy atom. The molecule has 2 N–H and O–H groups in total. The van der Waals surface area contributed by atoms with Gasteiger partial charge in [0.05, 0.1) is 23.6 Å². The summed E-state index contributed by atoms with van der Waals surface area (Å²) in [6.07, 6.45) is -4.63. The predicted molar refractivity (Wildman–Crippen MR) is 96.3 cm³/mol. The van der Waals surface area contributed by atoms with Crippen LogP contribution in [-0.4, -0.2) is 34.2 Å². The highest BCUT2D eigenvalue weighted by molar-refractivity contribution is 8.00. The highest BCUT2D eigenvalue weighted by atomic mass is 32.2. The minimum atomic E-state index is -4.63. The van der Waals surface area contributed by atoms with Gasteiger partial charge in [0.15, 0.2) is 0 Å². The number of ether oxygens (including phenoxy) is 1. The number of aromatic amines is 1. The lowest BCUT2D eigenvalue weighted by molar-refractivity contribution is -0.137. The van der Waals surface area contributed by atoms with Gasteiger partial charge in [0.25, 0.3) is 0 Å². The Bertz CT molecular complexity index is 944. The molecule has 0 aliphatic rings. The van der Waals surface area contributed by atoms with E-state index in [-0.39, 0.29) is 34.3 Å². The van der Waals surface area contributed by atoms with Gasteiger partial charge < -0.3 is 15.0 Å². The van der Waals surface area contributed by atoms with Gasteiger partial charge in [-0.1, -0.05) is 23.9 Å². The molecule has 0 saturated heterocycles. The van der Waals surface area contributed by atoms with Crippen LogP contribution in [0.1, 0.15) is 28.5 Å². The van der Waals surface area contributed by atoms with Crippen LogP contribution in [0.4, 0.5) is 18.9 Å². The molecule has 150 valence electrons. The maximum Gasteiger partial charge on any atom is 0.418 e. The van der Waals surface area contributed by atoms with Gasteiger partial charge in [-0.3, -0.25) is 4.79 Å². The molecule has 0 fully saturated rings. The van der Waals surface area contributed by atoms with Crippen LogP contribution in [0.25, 0.3) is 0 Å². The quantitative estimate of drug-likeness (QED) is 0.427. The number of esters is 1. The molecule has 1 amide bonds. The monoisotopic (exact) mass is 415 g/mol. The molecule has 1 aromatic heterocycles. The number of hydrogen-bond donors (Lipinski definition) is 2. The number of carbonyl (C=O) groups excluding carboxylic acids is 2. The van der Waals surface area contributed by atoms with Crippen molar-refractivity contribution < 1.29 is 27.5 Å². The summed E-state index contributed by atoms with van der Waals surface area (Å²) < 4.78 is 43.9. The first kappa shape index (κ1) is 21.5. The minimum absolute atomic E-state index is 0.00468. The van der Waals surface area contributed by atoms with Gasteiger partial charge in [0.1, 0.15) is 10.6 Å². The molecule has 0 unspecified atom stereocenters. The van der Waals surface area contributed by atoms with Crippen molar-refractivity contribution in [2.45, 2.75) is 25.0 Å². The highest BCUT2D eigenvalue weighted by Crippen LogP contribution is 2.34. The van der Waals surface area contributed by atoms with Crippen molar-refractivity contribution in [1.29, 1.82) is 0 Å². The number of rotatable bonds is 6. The first-order valence-electron chi connectivity index (χ1n) is 8.00. The van der Waals surface area contributed by atoms with E-state index in [9.17, 15) is 27.6 Å². The summed E-state index contributed by atoms with van der Waals surface area (Å²) in [5, 5.41) is 2.14. The van der Waals surface area contributed by atoms with Crippen molar-refractivity contribution in [3.63, 3.8) is 0 Å². The smallest absolute Gasteiger partial charge is 0.418 e. The average Bonchev–Trinajstić information content (AvgIpc) is 2.59. The van der Waals surface area contributed by atoms with Crippen LogP contribution < -0.4 is 11.0 Å². The molecule has 7 nitrogen and oxygen atoms in total. The summed E-state index contributed by atoms with van der Waals surface area (Å²) in [7, 11) is 0. The van der Waals surface area contributed by atoms with Crippen LogP contribution in [0.15, 0.2) is 34.1 Å². The number of nitrogens with zero attached hydrogens (tertiary/aromatic N) is 1. The van der Waals surface area contributed by atoms with Crippen molar-refractivity contribution >= 4 is 29.3 Å². The third-order valence-electron chi connectivity index (χ3n) is 3.41. The number of amides is 1. The van der Waals surface area contributed by atoms with Crippen molar-refractivity contribution in [2.24, 2.45) is 0 Å². The maximum absolute atomic E-state index is 13.0.